The van der Waals surface area contributed by atoms with Gasteiger partial charge in [-0.2, -0.15) is 0 Å². The third-order valence-electron chi connectivity index (χ3n) is 2.22. The molecule has 0 spiro atoms. The molecule has 0 bridgehead atoms. The van der Waals surface area contributed by atoms with Gasteiger partial charge in [-0.05, 0) is 0 Å². The quantitative estimate of drug-likeness (QED) is 0.735. The van der Waals surface area contributed by atoms with Crippen LogP contribution in [0.1, 0.15) is 16.8 Å². The lowest BCUT2D eigenvalue weighted by Crippen LogP contribution is -2.06. The molecule has 0 amide bonds. The highest BCUT2D eigenvalue weighted by molar-refractivity contribution is 6.36. The lowest BCUT2D eigenvalue weighted by molar-refractivity contribution is 0.0692. The summed E-state index contributed by atoms with van der Waals surface area (Å²) in [4.78, 5) is 11.1. The van der Waals surface area contributed by atoms with Crippen molar-refractivity contribution < 1.29 is 19.4 Å². The van der Waals surface area contributed by atoms with E-state index in [1.54, 1.807) is 0 Å². The Hall–Kier alpha value is -1.62. The number of carbonyl (C=O) groups is 1. The molecule has 16 heavy (non-hydrogen) atoms. The number of benzene rings is 1. The van der Waals surface area contributed by atoms with Gasteiger partial charge in [0.25, 0.3) is 0 Å². The maximum Gasteiger partial charge on any atom is 0.341 e. The molecule has 86 valence electrons. The van der Waals surface area contributed by atoms with Crippen molar-refractivity contribution in [2.45, 2.75) is 6.42 Å². The van der Waals surface area contributed by atoms with Crippen molar-refractivity contribution in [3.63, 3.8) is 0 Å². The molecule has 0 unspecified atom stereocenters. The summed E-state index contributed by atoms with van der Waals surface area (Å²) in [6.45, 7) is 0.862. The smallest absolute Gasteiger partial charge is 0.341 e. The van der Waals surface area contributed by atoms with Crippen molar-refractivity contribution in [2.75, 3.05) is 18.9 Å². The number of aromatic carboxylic acids is 1. The number of anilines is 1. The molecule has 0 saturated heterocycles. The first-order chi connectivity index (χ1) is 7.61. The SMILES string of the molecule is Nc1cc2c(c(C(=O)O)c1Cl)OCCCO2. The van der Waals surface area contributed by atoms with Crippen LogP contribution in [0, 0.1) is 0 Å². The fourth-order valence-electron chi connectivity index (χ4n) is 1.49. The van der Waals surface area contributed by atoms with Crippen LogP contribution in [0.2, 0.25) is 5.02 Å². The first-order valence-corrected chi connectivity index (χ1v) is 5.10. The van der Waals surface area contributed by atoms with E-state index in [0.29, 0.717) is 25.4 Å². The lowest BCUT2D eigenvalue weighted by atomic mass is 10.1. The van der Waals surface area contributed by atoms with E-state index < -0.39 is 5.97 Å². The number of rotatable bonds is 1. The van der Waals surface area contributed by atoms with Gasteiger partial charge >= 0.3 is 5.97 Å². The van der Waals surface area contributed by atoms with Gasteiger partial charge in [0.1, 0.15) is 5.56 Å². The van der Waals surface area contributed by atoms with Crippen LogP contribution in [0.15, 0.2) is 6.07 Å². The van der Waals surface area contributed by atoms with Crippen molar-refractivity contribution in [1.29, 1.82) is 0 Å². The van der Waals surface area contributed by atoms with E-state index in [4.69, 9.17) is 31.9 Å². The fourth-order valence-corrected chi connectivity index (χ4v) is 1.72. The fraction of sp³-hybridized carbons (Fsp3) is 0.300. The molecule has 1 aromatic carbocycles. The topological polar surface area (TPSA) is 81.8 Å². The Kier molecular flexibility index (Phi) is 2.78. The number of fused-ring (bicyclic) bond motifs is 1. The molecule has 0 fully saturated rings. The average Bonchev–Trinajstić information content (AvgIpc) is 2.44. The number of halogens is 1. The Morgan fingerprint density at radius 3 is 2.81 bits per heavy atom. The van der Waals surface area contributed by atoms with Crippen LogP contribution in [-0.2, 0) is 0 Å². The standard InChI is InChI=1S/C10H10ClNO4/c11-8-5(12)4-6-9(7(8)10(13)14)16-3-1-2-15-6/h4H,1-3,12H2,(H,13,14). The zero-order valence-electron chi connectivity index (χ0n) is 8.33. The Morgan fingerprint density at radius 2 is 2.12 bits per heavy atom. The van der Waals surface area contributed by atoms with E-state index in [-0.39, 0.29) is 22.0 Å². The minimum atomic E-state index is -1.18. The summed E-state index contributed by atoms with van der Waals surface area (Å²) in [6.07, 6.45) is 0.686. The Labute approximate surface area is 96.7 Å². The molecular weight excluding hydrogens is 234 g/mol. The van der Waals surface area contributed by atoms with Gasteiger partial charge in [-0.3, -0.25) is 0 Å². The molecule has 0 aromatic heterocycles. The van der Waals surface area contributed by atoms with Crippen LogP contribution >= 0.6 is 11.6 Å². The van der Waals surface area contributed by atoms with Crippen LogP contribution in [-0.4, -0.2) is 24.3 Å². The molecular formula is C10H10ClNO4. The van der Waals surface area contributed by atoms with E-state index >= 15 is 0 Å². The summed E-state index contributed by atoms with van der Waals surface area (Å²) >= 11 is 5.84. The van der Waals surface area contributed by atoms with E-state index in [1.807, 2.05) is 0 Å². The van der Waals surface area contributed by atoms with Crippen molar-refractivity contribution in [2.24, 2.45) is 0 Å². The van der Waals surface area contributed by atoms with Crippen molar-refractivity contribution >= 4 is 23.3 Å². The van der Waals surface area contributed by atoms with Gasteiger partial charge in [0, 0.05) is 12.5 Å². The highest BCUT2D eigenvalue weighted by Gasteiger charge is 2.24. The number of nitrogen functional groups attached to an aromatic ring is 1. The van der Waals surface area contributed by atoms with Crippen molar-refractivity contribution in [3.8, 4) is 11.5 Å². The molecule has 0 saturated carbocycles. The normalized spacial score (nSPS) is 14.3. The zero-order chi connectivity index (χ0) is 11.7. The highest BCUT2D eigenvalue weighted by atomic mass is 35.5. The minimum absolute atomic E-state index is 0.0169. The minimum Gasteiger partial charge on any atom is -0.489 e. The van der Waals surface area contributed by atoms with Crippen LogP contribution in [0.25, 0.3) is 0 Å². The Bertz CT molecular complexity index is 447. The van der Waals surface area contributed by atoms with E-state index in [1.165, 1.54) is 6.07 Å². The van der Waals surface area contributed by atoms with Crippen LogP contribution < -0.4 is 15.2 Å². The Balaban J connectivity index is 2.65. The predicted molar refractivity (Wildman–Crippen MR) is 58.4 cm³/mol. The van der Waals surface area contributed by atoms with E-state index in [9.17, 15) is 4.79 Å². The predicted octanol–water partition coefficient (Wildman–Crippen LogP) is 1.78. The zero-order valence-corrected chi connectivity index (χ0v) is 9.08. The average molecular weight is 244 g/mol. The van der Waals surface area contributed by atoms with Gasteiger partial charge in [-0.25, -0.2) is 4.79 Å². The number of carboxylic acids is 1. The molecule has 0 atom stereocenters. The van der Waals surface area contributed by atoms with Gasteiger partial charge in [0.05, 0.1) is 23.9 Å². The molecule has 3 N–H and O–H groups in total. The first-order valence-electron chi connectivity index (χ1n) is 4.72. The molecule has 2 rings (SSSR count). The Morgan fingerprint density at radius 1 is 1.44 bits per heavy atom. The van der Waals surface area contributed by atoms with Gasteiger partial charge in [-0.15, -0.1) is 0 Å². The maximum absolute atomic E-state index is 11.1. The molecule has 5 nitrogen and oxygen atoms in total. The molecule has 1 heterocycles. The second kappa shape index (κ2) is 4.09. The summed E-state index contributed by atoms with van der Waals surface area (Å²) in [5, 5.41) is 9.05. The van der Waals surface area contributed by atoms with Crippen molar-refractivity contribution in [1.82, 2.24) is 0 Å². The van der Waals surface area contributed by atoms with Crippen LogP contribution in [0.5, 0.6) is 11.5 Å². The van der Waals surface area contributed by atoms with Gasteiger partial charge in [0.2, 0.25) is 0 Å². The summed E-state index contributed by atoms with van der Waals surface area (Å²) in [5.74, 6) is -0.694. The number of nitrogens with two attached hydrogens (primary N) is 1. The third kappa shape index (κ3) is 1.74. The summed E-state index contributed by atoms with van der Waals surface area (Å²) in [5.41, 5.74) is 5.63. The van der Waals surface area contributed by atoms with Gasteiger partial charge in [-0.1, -0.05) is 11.6 Å². The summed E-state index contributed by atoms with van der Waals surface area (Å²) < 4.78 is 10.7. The molecule has 1 aliphatic heterocycles. The molecule has 1 aromatic rings. The maximum atomic E-state index is 11.1. The first kappa shape index (κ1) is 10.9. The molecule has 0 radical (unpaired) electrons. The molecule has 0 aliphatic carbocycles. The number of hydrogen-bond acceptors (Lipinski definition) is 4. The van der Waals surface area contributed by atoms with Crippen LogP contribution in [0.4, 0.5) is 5.69 Å². The second-order valence-electron chi connectivity index (χ2n) is 3.34. The highest BCUT2D eigenvalue weighted by Crippen LogP contribution is 2.41. The van der Waals surface area contributed by atoms with Crippen molar-refractivity contribution in [3.05, 3.63) is 16.7 Å². The van der Waals surface area contributed by atoms with Crippen LogP contribution in [0.3, 0.4) is 0 Å². The second-order valence-corrected chi connectivity index (χ2v) is 3.72. The largest absolute Gasteiger partial charge is 0.489 e. The summed E-state index contributed by atoms with van der Waals surface area (Å²) in [6, 6.07) is 1.48. The number of ether oxygens (including phenoxy) is 2. The monoisotopic (exact) mass is 243 g/mol. The molecule has 6 heteroatoms. The number of carboxylic acid groups (broad SMARTS) is 1. The van der Waals surface area contributed by atoms with E-state index in [2.05, 4.69) is 0 Å². The number of hydrogen-bond donors (Lipinski definition) is 2. The summed E-state index contributed by atoms with van der Waals surface area (Å²) in [7, 11) is 0. The van der Waals surface area contributed by atoms with Gasteiger partial charge < -0.3 is 20.3 Å². The molecule has 1 aliphatic rings. The van der Waals surface area contributed by atoms with Gasteiger partial charge in [0.15, 0.2) is 11.5 Å². The third-order valence-corrected chi connectivity index (χ3v) is 2.62. The lowest BCUT2D eigenvalue weighted by Gasteiger charge is -2.12. The van der Waals surface area contributed by atoms with E-state index in [0.717, 1.165) is 0 Å².